The third-order valence-corrected chi connectivity index (χ3v) is 4.37. The monoisotopic (exact) mass is 355 g/mol. The molecule has 4 nitrogen and oxygen atoms in total. The highest BCUT2D eigenvalue weighted by atomic mass is 35.5. The summed E-state index contributed by atoms with van der Waals surface area (Å²) < 4.78 is 18.7. The molecule has 0 spiro atoms. The molecule has 1 unspecified atom stereocenters. The van der Waals surface area contributed by atoms with Crippen LogP contribution in [0.25, 0.3) is 11.3 Å². The minimum Gasteiger partial charge on any atom is -0.493 e. The highest BCUT2D eigenvalue weighted by Gasteiger charge is 2.22. The molecule has 126 valence electrons. The zero-order chi connectivity index (χ0) is 17.2. The van der Waals surface area contributed by atoms with Gasteiger partial charge in [0, 0.05) is 22.6 Å². The molecule has 0 amide bonds. The molecule has 2 heterocycles. The van der Waals surface area contributed by atoms with E-state index in [9.17, 15) is 4.39 Å². The van der Waals surface area contributed by atoms with Gasteiger partial charge in [-0.2, -0.15) is 0 Å². The maximum Gasteiger partial charge on any atom is 0.149 e. The van der Waals surface area contributed by atoms with Crippen molar-refractivity contribution in [3.63, 3.8) is 0 Å². The first-order chi connectivity index (χ1) is 12.2. The second-order valence-corrected chi connectivity index (χ2v) is 6.26. The lowest BCUT2D eigenvalue weighted by atomic mass is 10.0. The lowest BCUT2D eigenvalue weighted by molar-refractivity contribution is 0.274. The Morgan fingerprint density at radius 3 is 2.64 bits per heavy atom. The second-order valence-electron chi connectivity index (χ2n) is 5.83. The van der Waals surface area contributed by atoms with Crippen LogP contribution in [0.1, 0.15) is 18.0 Å². The lowest BCUT2D eigenvalue weighted by Gasteiger charge is -2.27. The van der Waals surface area contributed by atoms with Gasteiger partial charge in [0.1, 0.15) is 17.4 Å². The number of anilines is 1. The molecule has 2 aromatic carbocycles. The number of hydrogen-bond acceptors (Lipinski definition) is 4. The number of nitrogens with zero attached hydrogens (tertiary/aromatic N) is 2. The van der Waals surface area contributed by atoms with Crippen LogP contribution in [0.4, 0.5) is 10.2 Å². The van der Waals surface area contributed by atoms with Gasteiger partial charge in [0.2, 0.25) is 0 Å². The van der Waals surface area contributed by atoms with E-state index in [1.54, 1.807) is 12.1 Å². The first-order valence-corrected chi connectivity index (χ1v) is 8.35. The number of nitrogens with one attached hydrogen (secondary N) is 1. The van der Waals surface area contributed by atoms with Crippen LogP contribution < -0.4 is 10.1 Å². The molecule has 1 aromatic heterocycles. The third-order valence-electron chi connectivity index (χ3n) is 4.14. The third kappa shape index (κ3) is 3.42. The van der Waals surface area contributed by atoms with E-state index < -0.39 is 0 Å². The van der Waals surface area contributed by atoms with Gasteiger partial charge >= 0.3 is 0 Å². The highest BCUT2D eigenvalue weighted by molar-refractivity contribution is 6.30. The van der Waals surface area contributed by atoms with Crippen LogP contribution in [0, 0.1) is 5.82 Å². The Balaban J connectivity index is 1.54. The number of ether oxygens (including phenoxy) is 1. The molecule has 0 saturated heterocycles. The molecular formula is C19H15ClFN3O. The van der Waals surface area contributed by atoms with E-state index in [-0.39, 0.29) is 11.9 Å². The van der Waals surface area contributed by atoms with Crippen LogP contribution >= 0.6 is 11.6 Å². The minimum atomic E-state index is -0.271. The van der Waals surface area contributed by atoms with Crippen molar-refractivity contribution in [1.82, 2.24) is 10.2 Å². The van der Waals surface area contributed by atoms with Crippen LogP contribution in [0.2, 0.25) is 5.02 Å². The van der Waals surface area contributed by atoms with Crippen molar-refractivity contribution in [3.8, 4) is 17.0 Å². The van der Waals surface area contributed by atoms with Crippen LogP contribution in [-0.4, -0.2) is 16.8 Å². The molecule has 3 aromatic rings. The van der Waals surface area contributed by atoms with E-state index in [4.69, 9.17) is 16.3 Å². The Morgan fingerprint density at radius 1 is 1.04 bits per heavy atom. The van der Waals surface area contributed by atoms with Gasteiger partial charge in [-0.1, -0.05) is 11.6 Å². The summed E-state index contributed by atoms with van der Waals surface area (Å²) in [5.41, 5.74) is 2.53. The number of benzene rings is 2. The standard InChI is InChI=1S/C19H15ClFN3O/c20-13-3-7-18-15(11-13)17(9-10-25-18)22-19-8-6-16(23-24-19)12-1-4-14(21)5-2-12/h1-8,11,17H,9-10H2,(H,22,24). The molecule has 0 aliphatic carbocycles. The number of halogens is 2. The first-order valence-electron chi connectivity index (χ1n) is 7.97. The molecule has 0 radical (unpaired) electrons. The zero-order valence-electron chi connectivity index (χ0n) is 13.2. The van der Waals surface area contributed by atoms with E-state index in [0.717, 1.165) is 23.3 Å². The molecule has 6 heteroatoms. The summed E-state index contributed by atoms with van der Waals surface area (Å²) in [4.78, 5) is 0. The van der Waals surface area contributed by atoms with Gasteiger partial charge in [-0.3, -0.25) is 0 Å². The van der Waals surface area contributed by atoms with Gasteiger partial charge in [-0.05, 0) is 54.6 Å². The van der Waals surface area contributed by atoms with Gasteiger partial charge < -0.3 is 10.1 Å². The van der Waals surface area contributed by atoms with Crippen molar-refractivity contribution < 1.29 is 9.13 Å². The number of hydrogen-bond donors (Lipinski definition) is 1. The Labute approximate surface area is 149 Å². The van der Waals surface area contributed by atoms with Gasteiger partial charge in [0.15, 0.2) is 0 Å². The van der Waals surface area contributed by atoms with Crippen molar-refractivity contribution in [2.75, 3.05) is 11.9 Å². The van der Waals surface area contributed by atoms with Crippen LogP contribution in [0.15, 0.2) is 54.6 Å². The van der Waals surface area contributed by atoms with Crippen molar-refractivity contribution in [2.45, 2.75) is 12.5 Å². The normalized spacial score (nSPS) is 16.0. The van der Waals surface area contributed by atoms with E-state index >= 15 is 0 Å². The largest absolute Gasteiger partial charge is 0.493 e. The smallest absolute Gasteiger partial charge is 0.149 e. The number of fused-ring (bicyclic) bond motifs is 1. The molecule has 4 rings (SSSR count). The summed E-state index contributed by atoms with van der Waals surface area (Å²) >= 11 is 6.11. The summed E-state index contributed by atoms with van der Waals surface area (Å²) in [5.74, 6) is 1.24. The Morgan fingerprint density at radius 2 is 1.88 bits per heavy atom. The molecular weight excluding hydrogens is 341 g/mol. The molecule has 0 bridgehead atoms. The summed E-state index contributed by atoms with van der Waals surface area (Å²) in [6, 6.07) is 15.6. The van der Waals surface area contributed by atoms with E-state index in [2.05, 4.69) is 15.5 Å². The zero-order valence-corrected chi connectivity index (χ0v) is 14.0. The van der Waals surface area contributed by atoms with Crippen LogP contribution in [0.5, 0.6) is 5.75 Å². The fourth-order valence-corrected chi connectivity index (χ4v) is 3.06. The lowest BCUT2D eigenvalue weighted by Crippen LogP contribution is -2.21. The average Bonchev–Trinajstić information content (AvgIpc) is 2.64. The molecule has 1 N–H and O–H groups in total. The quantitative estimate of drug-likeness (QED) is 0.728. The molecule has 0 fully saturated rings. The van der Waals surface area contributed by atoms with E-state index in [0.29, 0.717) is 23.1 Å². The van der Waals surface area contributed by atoms with E-state index in [1.807, 2.05) is 30.3 Å². The van der Waals surface area contributed by atoms with Gasteiger partial charge in [-0.15, -0.1) is 10.2 Å². The molecule has 0 saturated carbocycles. The van der Waals surface area contributed by atoms with Crippen molar-refractivity contribution in [3.05, 3.63) is 71.0 Å². The summed E-state index contributed by atoms with van der Waals surface area (Å²) in [7, 11) is 0. The summed E-state index contributed by atoms with van der Waals surface area (Å²) in [6.45, 7) is 0.632. The first kappa shape index (κ1) is 15.8. The molecule has 25 heavy (non-hydrogen) atoms. The highest BCUT2D eigenvalue weighted by Crippen LogP contribution is 2.35. The predicted octanol–water partition coefficient (Wildman–Crippen LogP) is 4.87. The minimum absolute atomic E-state index is 0.0634. The van der Waals surface area contributed by atoms with Crippen LogP contribution in [0.3, 0.4) is 0 Å². The fourth-order valence-electron chi connectivity index (χ4n) is 2.88. The maximum absolute atomic E-state index is 13.0. The van der Waals surface area contributed by atoms with Gasteiger partial charge in [0.25, 0.3) is 0 Å². The Bertz CT molecular complexity index is 884. The SMILES string of the molecule is Fc1ccc(-c2ccc(NC3CCOc4ccc(Cl)cc43)nn2)cc1. The van der Waals surface area contributed by atoms with Crippen molar-refractivity contribution in [2.24, 2.45) is 0 Å². The van der Waals surface area contributed by atoms with Crippen molar-refractivity contribution in [1.29, 1.82) is 0 Å². The summed E-state index contributed by atoms with van der Waals surface area (Å²) in [5, 5.41) is 12.5. The topological polar surface area (TPSA) is 47.0 Å². The number of aromatic nitrogens is 2. The second kappa shape index (κ2) is 6.69. The predicted molar refractivity (Wildman–Crippen MR) is 95.4 cm³/mol. The van der Waals surface area contributed by atoms with Crippen molar-refractivity contribution >= 4 is 17.4 Å². The Hall–Kier alpha value is -2.66. The van der Waals surface area contributed by atoms with Crippen LogP contribution in [-0.2, 0) is 0 Å². The molecule has 1 aliphatic rings. The molecule has 1 atom stereocenters. The summed E-state index contributed by atoms with van der Waals surface area (Å²) in [6.07, 6.45) is 0.814. The maximum atomic E-state index is 13.0. The number of rotatable bonds is 3. The fraction of sp³-hybridized carbons (Fsp3) is 0.158. The average molecular weight is 356 g/mol. The molecule has 1 aliphatic heterocycles. The van der Waals surface area contributed by atoms with E-state index in [1.165, 1.54) is 12.1 Å². The Kier molecular flexibility index (Phi) is 4.24. The van der Waals surface area contributed by atoms with Gasteiger partial charge in [-0.25, -0.2) is 4.39 Å². The van der Waals surface area contributed by atoms with Gasteiger partial charge in [0.05, 0.1) is 18.3 Å².